The molecule has 0 amide bonds. The summed E-state index contributed by atoms with van der Waals surface area (Å²) in [5, 5.41) is 8.95. The van der Waals surface area contributed by atoms with Gasteiger partial charge in [0.2, 0.25) is 0 Å². The van der Waals surface area contributed by atoms with Crippen LogP contribution in [-0.2, 0) is 0 Å². The van der Waals surface area contributed by atoms with Crippen LogP contribution in [0.1, 0.15) is 0 Å². The van der Waals surface area contributed by atoms with E-state index in [1.807, 2.05) is 18.2 Å². The molecule has 0 aliphatic heterocycles. The van der Waals surface area contributed by atoms with Crippen LogP contribution in [0.5, 0.6) is 0 Å². The van der Waals surface area contributed by atoms with E-state index in [1.54, 1.807) is 0 Å². The summed E-state index contributed by atoms with van der Waals surface area (Å²) < 4.78 is 6.58. The van der Waals surface area contributed by atoms with Gasteiger partial charge in [0.1, 0.15) is 11.2 Å². The predicted molar refractivity (Wildman–Crippen MR) is 227 cm³/mol. The molecule has 0 spiro atoms. The van der Waals surface area contributed by atoms with Gasteiger partial charge < -0.3 is 4.42 Å². The molecule has 0 unspecified atom stereocenters. The molecule has 0 bridgehead atoms. The second-order valence-electron chi connectivity index (χ2n) is 14.0. The first-order chi connectivity index (χ1) is 27.2. The fourth-order valence-corrected chi connectivity index (χ4v) is 7.99. The third kappa shape index (κ3) is 5.34. The Morgan fingerprint density at radius 1 is 0.291 bits per heavy atom. The van der Waals surface area contributed by atoms with E-state index in [0.29, 0.717) is 17.5 Å². The van der Waals surface area contributed by atoms with Crippen molar-refractivity contribution in [3.8, 4) is 56.4 Å². The number of hydrogen-bond donors (Lipinski definition) is 0. The third-order valence-corrected chi connectivity index (χ3v) is 10.7. The van der Waals surface area contributed by atoms with E-state index in [4.69, 9.17) is 19.4 Å². The van der Waals surface area contributed by atoms with Crippen LogP contribution < -0.4 is 0 Å². The van der Waals surface area contributed by atoms with E-state index in [9.17, 15) is 0 Å². The molecule has 0 atom stereocenters. The number of rotatable bonds is 5. The van der Waals surface area contributed by atoms with Crippen molar-refractivity contribution in [2.75, 3.05) is 0 Å². The minimum absolute atomic E-state index is 0.587. The molecule has 2 heterocycles. The second-order valence-corrected chi connectivity index (χ2v) is 14.0. The molecule has 4 nitrogen and oxygen atoms in total. The number of fused-ring (bicyclic) bond motifs is 7. The topological polar surface area (TPSA) is 51.8 Å². The number of nitrogens with zero attached hydrogens (tertiary/aromatic N) is 3. The number of benzene rings is 9. The second kappa shape index (κ2) is 12.6. The van der Waals surface area contributed by atoms with Crippen molar-refractivity contribution in [2.45, 2.75) is 0 Å². The Bertz CT molecular complexity index is 3260. The maximum atomic E-state index is 6.58. The van der Waals surface area contributed by atoms with E-state index >= 15 is 0 Å². The minimum atomic E-state index is 0.587. The zero-order valence-electron chi connectivity index (χ0n) is 29.6. The molecule has 0 fully saturated rings. The molecular weight excluding hydrogens is 671 g/mol. The number of furan rings is 1. The maximum absolute atomic E-state index is 6.58. The lowest BCUT2D eigenvalue weighted by atomic mass is 9.96. The Balaban J connectivity index is 1.19. The Hall–Kier alpha value is -7.43. The van der Waals surface area contributed by atoms with Gasteiger partial charge >= 0.3 is 0 Å². The van der Waals surface area contributed by atoms with Crippen LogP contribution in [0.15, 0.2) is 192 Å². The largest absolute Gasteiger partial charge is 0.456 e. The van der Waals surface area contributed by atoms with Gasteiger partial charge in [-0.1, -0.05) is 158 Å². The van der Waals surface area contributed by atoms with Gasteiger partial charge in [0.15, 0.2) is 17.5 Å². The highest BCUT2D eigenvalue weighted by Crippen LogP contribution is 2.41. The molecule has 256 valence electrons. The molecule has 0 N–H and O–H groups in total. The first kappa shape index (κ1) is 31.1. The van der Waals surface area contributed by atoms with Gasteiger partial charge in [-0.2, -0.15) is 0 Å². The van der Waals surface area contributed by atoms with E-state index in [0.717, 1.165) is 77.0 Å². The van der Waals surface area contributed by atoms with E-state index in [-0.39, 0.29) is 0 Å². The molecule has 0 radical (unpaired) electrons. The molecule has 11 rings (SSSR count). The highest BCUT2D eigenvalue weighted by atomic mass is 16.3. The van der Waals surface area contributed by atoms with Crippen LogP contribution in [-0.4, -0.2) is 15.0 Å². The Morgan fingerprint density at radius 2 is 0.873 bits per heavy atom. The van der Waals surface area contributed by atoms with Crippen LogP contribution >= 0.6 is 0 Å². The summed E-state index contributed by atoms with van der Waals surface area (Å²) in [6.07, 6.45) is 0. The summed E-state index contributed by atoms with van der Waals surface area (Å²) in [7, 11) is 0. The van der Waals surface area contributed by atoms with Crippen LogP contribution in [0.3, 0.4) is 0 Å². The predicted octanol–water partition coefficient (Wildman–Crippen LogP) is 13.6. The van der Waals surface area contributed by atoms with E-state index in [2.05, 4.69) is 170 Å². The SMILES string of the molecule is c1ccc(-c2ccc(-c3nc(-c4cc5ccccc5c5ccccc45)nc(-c4cc(-c5ccc6ccccc6c5)cc5oc6ccccc6c45)n3)cc2)cc1. The van der Waals surface area contributed by atoms with Gasteiger partial charge in [-0.05, 0) is 84.9 Å². The van der Waals surface area contributed by atoms with Gasteiger partial charge in [-0.15, -0.1) is 0 Å². The molecule has 0 saturated carbocycles. The Kier molecular flexibility index (Phi) is 7.14. The summed E-state index contributed by atoms with van der Waals surface area (Å²) in [6.45, 7) is 0. The first-order valence-electron chi connectivity index (χ1n) is 18.5. The molecule has 55 heavy (non-hydrogen) atoms. The minimum Gasteiger partial charge on any atom is -0.456 e. The van der Waals surface area contributed by atoms with Gasteiger partial charge in [0, 0.05) is 27.5 Å². The lowest BCUT2D eigenvalue weighted by Crippen LogP contribution is -2.01. The summed E-state index contributed by atoms with van der Waals surface area (Å²) in [6, 6.07) is 65.8. The molecule has 0 saturated heterocycles. The van der Waals surface area contributed by atoms with Gasteiger partial charge in [0.05, 0.1) is 0 Å². The Morgan fingerprint density at radius 3 is 1.69 bits per heavy atom. The normalized spacial score (nSPS) is 11.6. The van der Waals surface area contributed by atoms with Crippen LogP contribution in [0.2, 0.25) is 0 Å². The number of para-hydroxylation sites is 1. The smallest absolute Gasteiger partial charge is 0.164 e. The lowest BCUT2D eigenvalue weighted by Gasteiger charge is -2.14. The van der Waals surface area contributed by atoms with E-state index in [1.165, 1.54) is 16.2 Å². The summed E-state index contributed by atoms with van der Waals surface area (Å²) in [5.41, 5.74) is 8.78. The highest BCUT2D eigenvalue weighted by Gasteiger charge is 2.21. The zero-order valence-corrected chi connectivity index (χ0v) is 29.6. The summed E-state index contributed by atoms with van der Waals surface area (Å²) >= 11 is 0. The van der Waals surface area contributed by atoms with Gasteiger partial charge in [0.25, 0.3) is 0 Å². The fourth-order valence-electron chi connectivity index (χ4n) is 7.99. The third-order valence-electron chi connectivity index (χ3n) is 10.7. The monoisotopic (exact) mass is 701 g/mol. The standard InChI is InChI=1S/C51H31N3O/c1-2-12-32(13-3-1)34-22-25-35(26-23-34)49-52-50(44-29-38-16-6-7-17-40(38)41-18-8-9-19-42(41)44)54-51(53-49)45-30-39(37-27-24-33-14-4-5-15-36(33)28-37)31-47-48(45)43-20-10-11-21-46(43)55-47/h1-31H. The Labute approximate surface area is 317 Å². The van der Waals surface area contributed by atoms with Crippen molar-refractivity contribution in [3.05, 3.63) is 188 Å². The quantitative estimate of drug-likeness (QED) is 0.168. The lowest BCUT2D eigenvalue weighted by molar-refractivity contribution is 0.669. The highest BCUT2D eigenvalue weighted by molar-refractivity contribution is 6.15. The number of hydrogen-bond acceptors (Lipinski definition) is 4. The van der Waals surface area contributed by atoms with Crippen molar-refractivity contribution in [3.63, 3.8) is 0 Å². The molecule has 11 aromatic rings. The average Bonchev–Trinajstić information content (AvgIpc) is 3.64. The fraction of sp³-hybridized carbons (Fsp3) is 0. The first-order valence-corrected chi connectivity index (χ1v) is 18.5. The van der Waals surface area contributed by atoms with Crippen molar-refractivity contribution < 1.29 is 4.42 Å². The molecule has 4 heteroatoms. The molecule has 0 aliphatic rings. The van der Waals surface area contributed by atoms with Crippen LogP contribution in [0.25, 0.3) is 111 Å². The van der Waals surface area contributed by atoms with Gasteiger partial charge in [-0.25, -0.2) is 15.0 Å². The molecule has 2 aromatic heterocycles. The van der Waals surface area contributed by atoms with Crippen molar-refractivity contribution in [1.82, 2.24) is 15.0 Å². The molecule has 0 aliphatic carbocycles. The zero-order chi connectivity index (χ0) is 36.3. The maximum Gasteiger partial charge on any atom is 0.164 e. The summed E-state index contributed by atoms with van der Waals surface area (Å²) in [4.78, 5) is 15.9. The van der Waals surface area contributed by atoms with Crippen molar-refractivity contribution in [1.29, 1.82) is 0 Å². The summed E-state index contributed by atoms with van der Waals surface area (Å²) in [5.74, 6) is 1.81. The molecule has 9 aromatic carbocycles. The molecular formula is C51H31N3O. The van der Waals surface area contributed by atoms with Crippen LogP contribution in [0.4, 0.5) is 0 Å². The van der Waals surface area contributed by atoms with Crippen molar-refractivity contribution >= 4 is 54.3 Å². The van der Waals surface area contributed by atoms with E-state index < -0.39 is 0 Å². The van der Waals surface area contributed by atoms with Gasteiger partial charge in [-0.3, -0.25) is 0 Å². The van der Waals surface area contributed by atoms with Crippen LogP contribution in [0, 0.1) is 0 Å². The number of aromatic nitrogens is 3. The average molecular weight is 702 g/mol. The van der Waals surface area contributed by atoms with Crippen molar-refractivity contribution in [2.24, 2.45) is 0 Å².